The van der Waals surface area contributed by atoms with E-state index in [0.29, 0.717) is 23.1 Å². The van der Waals surface area contributed by atoms with Gasteiger partial charge in [0.2, 0.25) is 0 Å². The van der Waals surface area contributed by atoms with E-state index in [4.69, 9.17) is 4.74 Å². The number of hydrogen-bond donors (Lipinski definition) is 1. The fraction of sp³-hybridized carbons (Fsp3) is 0.500. The quantitative estimate of drug-likeness (QED) is 0.878. The Balaban J connectivity index is 0.00000147. The van der Waals surface area contributed by atoms with Crippen LogP contribution in [-0.2, 0) is 0 Å². The molecule has 2 atom stereocenters. The summed E-state index contributed by atoms with van der Waals surface area (Å²) in [5, 5.41) is 3.38. The summed E-state index contributed by atoms with van der Waals surface area (Å²) in [6, 6.07) is 5.55. The van der Waals surface area contributed by atoms with Gasteiger partial charge in [0.25, 0.3) is 5.91 Å². The normalized spacial score (nSPS) is 24.2. The Hall–Kier alpha value is -0.780. The van der Waals surface area contributed by atoms with Gasteiger partial charge in [-0.3, -0.25) is 4.79 Å². The highest BCUT2D eigenvalue weighted by atomic mass is 79.9. The predicted octanol–water partition coefficient (Wildman–Crippen LogP) is 2.17. The molecule has 2 fully saturated rings. The zero-order chi connectivity index (χ0) is 13.4. The van der Waals surface area contributed by atoms with Crippen molar-refractivity contribution in [2.45, 2.75) is 0 Å². The van der Waals surface area contributed by atoms with Crippen LogP contribution in [0.5, 0.6) is 5.75 Å². The van der Waals surface area contributed by atoms with Crippen LogP contribution in [0.1, 0.15) is 10.4 Å². The van der Waals surface area contributed by atoms with Crippen LogP contribution >= 0.6 is 28.3 Å². The number of nitrogens with zero attached hydrogens (tertiary/aromatic N) is 1. The molecular weight excluding hydrogens is 344 g/mol. The zero-order valence-corrected chi connectivity index (χ0v) is 13.7. The predicted molar refractivity (Wildman–Crippen MR) is 83.7 cm³/mol. The molecule has 0 aliphatic carbocycles. The Bertz CT molecular complexity index is 500. The number of likely N-dealkylation sites (tertiary alicyclic amines) is 1. The molecule has 3 rings (SSSR count). The molecule has 6 heteroatoms. The largest absolute Gasteiger partial charge is 0.496 e. The molecule has 2 aliphatic rings. The number of rotatable bonds is 2. The first-order valence-electron chi connectivity index (χ1n) is 6.52. The van der Waals surface area contributed by atoms with Crippen molar-refractivity contribution in [3.63, 3.8) is 0 Å². The maximum Gasteiger partial charge on any atom is 0.257 e. The van der Waals surface area contributed by atoms with Gasteiger partial charge in [0.15, 0.2) is 0 Å². The minimum atomic E-state index is 0. The number of amides is 1. The minimum absolute atomic E-state index is 0. The smallest absolute Gasteiger partial charge is 0.257 e. The zero-order valence-electron chi connectivity index (χ0n) is 11.3. The topological polar surface area (TPSA) is 41.6 Å². The van der Waals surface area contributed by atoms with Crippen LogP contribution in [0.3, 0.4) is 0 Å². The molecule has 1 amide bonds. The third-order valence-corrected chi connectivity index (χ3v) is 4.56. The summed E-state index contributed by atoms with van der Waals surface area (Å²) in [6.07, 6.45) is 0. The van der Waals surface area contributed by atoms with E-state index in [9.17, 15) is 4.79 Å². The van der Waals surface area contributed by atoms with Gasteiger partial charge in [-0.15, -0.1) is 12.4 Å². The summed E-state index contributed by atoms with van der Waals surface area (Å²) < 4.78 is 6.23. The van der Waals surface area contributed by atoms with E-state index < -0.39 is 0 Å². The van der Waals surface area contributed by atoms with Crippen molar-refractivity contribution in [2.24, 2.45) is 11.8 Å². The van der Waals surface area contributed by atoms with Gasteiger partial charge in [-0.2, -0.15) is 0 Å². The lowest BCUT2D eigenvalue weighted by Gasteiger charge is -2.19. The first-order valence-corrected chi connectivity index (χ1v) is 7.32. The summed E-state index contributed by atoms with van der Waals surface area (Å²) in [5.74, 6) is 1.95. The summed E-state index contributed by atoms with van der Waals surface area (Å²) >= 11 is 3.40. The van der Waals surface area contributed by atoms with Gasteiger partial charge in [0.1, 0.15) is 5.75 Å². The van der Waals surface area contributed by atoms with Crippen molar-refractivity contribution >= 4 is 34.2 Å². The maximum absolute atomic E-state index is 12.6. The third-order valence-electron chi connectivity index (χ3n) is 4.07. The Morgan fingerprint density at radius 2 is 2.00 bits per heavy atom. The highest BCUT2D eigenvalue weighted by molar-refractivity contribution is 9.10. The molecule has 2 aliphatic heterocycles. The van der Waals surface area contributed by atoms with Crippen molar-refractivity contribution in [2.75, 3.05) is 33.3 Å². The average Bonchev–Trinajstić information content (AvgIpc) is 2.98. The number of nitrogens with one attached hydrogen (secondary N) is 1. The van der Waals surface area contributed by atoms with Crippen LogP contribution in [0.25, 0.3) is 0 Å². The van der Waals surface area contributed by atoms with Gasteiger partial charge in [-0.25, -0.2) is 0 Å². The maximum atomic E-state index is 12.6. The van der Waals surface area contributed by atoms with Gasteiger partial charge < -0.3 is 15.0 Å². The highest BCUT2D eigenvalue weighted by Crippen LogP contribution is 2.30. The first kappa shape index (κ1) is 15.6. The van der Waals surface area contributed by atoms with Gasteiger partial charge in [-0.05, 0) is 30.0 Å². The molecule has 0 spiro atoms. The molecule has 0 aromatic heterocycles. The standard InChI is InChI=1S/C14H17BrN2O2.ClH/c1-19-13-4-11(15)2-3-12(13)14(18)17-7-9-5-16-6-10(9)8-17;/h2-4,9-10,16H,5-8H2,1H3;1H/t9-,10+;. The Kier molecular flexibility index (Phi) is 4.94. The van der Waals surface area contributed by atoms with Gasteiger partial charge >= 0.3 is 0 Å². The van der Waals surface area contributed by atoms with E-state index >= 15 is 0 Å². The highest BCUT2D eigenvalue weighted by Gasteiger charge is 2.38. The summed E-state index contributed by atoms with van der Waals surface area (Å²) in [5.41, 5.74) is 0.652. The molecule has 1 aromatic carbocycles. The number of hydrogen-bond acceptors (Lipinski definition) is 3. The molecule has 0 unspecified atom stereocenters. The van der Waals surface area contributed by atoms with Crippen LogP contribution in [0.2, 0.25) is 0 Å². The van der Waals surface area contributed by atoms with Crippen molar-refractivity contribution < 1.29 is 9.53 Å². The van der Waals surface area contributed by atoms with E-state index in [1.807, 2.05) is 23.1 Å². The number of benzene rings is 1. The molecule has 0 saturated carbocycles. The second-order valence-corrected chi connectivity index (χ2v) is 6.15. The molecule has 20 heavy (non-hydrogen) atoms. The number of ether oxygens (including phenoxy) is 1. The molecule has 0 bridgehead atoms. The van der Waals surface area contributed by atoms with E-state index in [1.165, 1.54) is 0 Å². The molecule has 1 N–H and O–H groups in total. The van der Waals surface area contributed by atoms with Crippen LogP contribution in [0.4, 0.5) is 0 Å². The van der Waals surface area contributed by atoms with E-state index in [1.54, 1.807) is 7.11 Å². The number of fused-ring (bicyclic) bond motifs is 1. The van der Waals surface area contributed by atoms with Crippen molar-refractivity contribution in [1.29, 1.82) is 0 Å². The van der Waals surface area contributed by atoms with Gasteiger partial charge in [0.05, 0.1) is 12.7 Å². The summed E-state index contributed by atoms with van der Waals surface area (Å²) in [6.45, 7) is 3.78. The first-order chi connectivity index (χ1) is 9.19. The number of methoxy groups -OCH3 is 1. The lowest BCUT2D eigenvalue weighted by Crippen LogP contribution is -2.32. The Labute approximate surface area is 133 Å². The molecule has 2 heterocycles. The summed E-state index contributed by atoms with van der Waals surface area (Å²) in [7, 11) is 1.60. The number of carbonyl (C=O) groups is 1. The Morgan fingerprint density at radius 1 is 1.35 bits per heavy atom. The molecule has 110 valence electrons. The lowest BCUT2D eigenvalue weighted by atomic mass is 10.0. The molecule has 1 aromatic rings. The van der Waals surface area contributed by atoms with Crippen molar-refractivity contribution in [3.05, 3.63) is 28.2 Å². The van der Waals surface area contributed by atoms with E-state index in [-0.39, 0.29) is 18.3 Å². The van der Waals surface area contributed by atoms with Crippen LogP contribution in [0.15, 0.2) is 22.7 Å². The van der Waals surface area contributed by atoms with E-state index in [2.05, 4.69) is 21.2 Å². The second kappa shape index (κ2) is 6.33. The fourth-order valence-electron chi connectivity index (χ4n) is 3.03. The number of carbonyl (C=O) groups excluding carboxylic acids is 1. The summed E-state index contributed by atoms with van der Waals surface area (Å²) in [4.78, 5) is 14.5. The molecular formula is C14H18BrClN2O2. The number of halogens is 2. The van der Waals surface area contributed by atoms with Crippen molar-refractivity contribution in [3.8, 4) is 5.75 Å². The third kappa shape index (κ3) is 2.80. The van der Waals surface area contributed by atoms with Crippen LogP contribution < -0.4 is 10.1 Å². The van der Waals surface area contributed by atoms with Crippen molar-refractivity contribution in [1.82, 2.24) is 10.2 Å². The molecule has 4 nitrogen and oxygen atoms in total. The average molecular weight is 362 g/mol. The lowest BCUT2D eigenvalue weighted by molar-refractivity contribution is 0.0778. The second-order valence-electron chi connectivity index (χ2n) is 5.23. The van der Waals surface area contributed by atoms with Crippen LogP contribution in [0, 0.1) is 11.8 Å². The SMILES string of the molecule is COc1cc(Br)ccc1C(=O)N1C[C@H]2CNC[C@H]2C1.Cl. The monoisotopic (exact) mass is 360 g/mol. The molecule has 2 saturated heterocycles. The van der Waals surface area contributed by atoms with E-state index in [0.717, 1.165) is 30.7 Å². The van der Waals surface area contributed by atoms with Crippen LogP contribution in [-0.4, -0.2) is 44.1 Å². The Morgan fingerprint density at radius 3 is 2.60 bits per heavy atom. The fourth-order valence-corrected chi connectivity index (χ4v) is 3.37. The molecule has 0 radical (unpaired) electrons. The van der Waals surface area contributed by atoms with Gasteiger partial charge in [-0.1, -0.05) is 15.9 Å². The minimum Gasteiger partial charge on any atom is -0.496 e. The van der Waals surface area contributed by atoms with Gasteiger partial charge in [0, 0.05) is 30.7 Å².